The van der Waals surface area contributed by atoms with Gasteiger partial charge in [-0.25, -0.2) is 0 Å². The molecule has 3 aliphatic rings. The fraction of sp³-hybridized carbons (Fsp3) is 0.647. The molecule has 4 rings (SSSR count). The standard InChI is InChI=1S/C17H24N2/c18-16-9-17(14-4-2-1-3-13(14)16)19-10-15(11-5-6-11)12-7-8-12/h1-4,11-12,15-17,19H,5-10,18H2. The summed E-state index contributed by atoms with van der Waals surface area (Å²) < 4.78 is 0. The summed E-state index contributed by atoms with van der Waals surface area (Å²) in [6.45, 7) is 1.21. The molecule has 2 heteroatoms. The first kappa shape index (κ1) is 11.9. The van der Waals surface area contributed by atoms with Crippen LogP contribution in [0.4, 0.5) is 0 Å². The van der Waals surface area contributed by atoms with E-state index in [1.54, 1.807) is 0 Å². The number of rotatable bonds is 5. The van der Waals surface area contributed by atoms with Crippen LogP contribution in [0.3, 0.4) is 0 Å². The number of benzene rings is 1. The highest BCUT2D eigenvalue weighted by molar-refractivity contribution is 5.37. The molecule has 2 fully saturated rings. The molecule has 19 heavy (non-hydrogen) atoms. The highest BCUT2D eigenvalue weighted by atomic mass is 14.9. The van der Waals surface area contributed by atoms with Crippen molar-refractivity contribution in [1.82, 2.24) is 5.32 Å². The molecule has 1 aromatic carbocycles. The number of hydrogen-bond donors (Lipinski definition) is 2. The quantitative estimate of drug-likeness (QED) is 0.849. The van der Waals surface area contributed by atoms with Crippen molar-refractivity contribution in [2.24, 2.45) is 23.5 Å². The second kappa shape index (κ2) is 4.60. The number of nitrogens with one attached hydrogen (secondary N) is 1. The van der Waals surface area contributed by atoms with Crippen LogP contribution in [0.5, 0.6) is 0 Å². The first-order valence-corrected chi connectivity index (χ1v) is 7.90. The lowest BCUT2D eigenvalue weighted by atomic mass is 9.97. The summed E-state index contributed by atoms with van der Waals surface area (Å²) >= 11 is 0. The summed E-state index contributed by atoms with van der Waals surface area (Å²) in [4.78, 5) is 0. The van der Waals surface area contributed by atoms with Gasteiger partial charge in [0.05, 0.1) is 0 Å². The van der Waals surface area contributed by atoms with E-state index >= 15 is 0 Å². The third-order valence-electron chi connectivity index (χ3n) is 5.32. The number of fused-ring (bicyclic) bond motifs is 1. The average Bonchev–Trinajstić information content (AvgIpc) is 3.32. The van der Waals surface area contributed by atoms with Gasteiger partial charge < -0.3 is 11.1 Å². The molecule has 3 N–H and O–H groups in total. The zero-order valence-electron chi connectivity index (χ0n) is 11.5. The van der Waals surface area contributed by atoms with Gasteiger partial charge in [-0.1, -0.05) is 24.3 Å². The number of hydrogen-bond acceptors (Lipinski definition) is 2. The highest BCUT2D eigenvalue weighted by Crippen LogP contribution is 2.49. The summed E-state index contributed by atoms with van der Waals surface area (Å²) in [6.07, 6.45) is 6.97. The fourth-order valence-electron chi connectivity index (χ4n) is 3.91. The van der Waals surface area contributed by atoms with E-state index < -0.39 is 0 Å². The van der Waals surface area contributed by atoms with Crippen LogP contribution in [-0.2, 0) is 0 Å². The van der Waals surface area contributed by atoms with Crippen molar-refractivity contribution in [2.75, 3.05) is 6.54 Å². The Bertz CT molecular complexity index is 450. The minimum atomic E-state index is 0.231. The Morgan fingerprint density at radius 1 is 1.05 bits per heavy atom. The lowest BCUT2D eigenvalue weighted by molar-refractivity contribution is 0.351. The zero-order chi connectivity index (χ0) is 12.8. The van der Waals surface area contributed by atoms with E-state index in [9.17, 15) is 0 Å². The first-order chi connectivity index (χ1) is 9.33. The molecule has 0 aliphatic heterocycles. The molecule has 0 heterocycles. The van der Waals surface area contributed by atoms with E-state index in [0.29, 0.717) is 6.04 Å². The molecule has 0 saturated heterocycles. The maximum absolute atomic E-state index is 6.25. The van der Waals surface area contributed by atoms with Crippen molar-refractivity contribution >= 4 is 0 Å². The first-order valence-electron chi connectivity index (χ1n) is 7.90. The molecule has 0 bridgehead atoms. The van der Waals surface area contributed by atoms with Crippen molar-refractivity contribution in [3.8, 4) is 0 Å². The topological polar surface area (TPSA) is 38.0 Å². The Hall–Kier alpha value is -0.860. The Balaban J connectivity index is 1.43. The van der Waals surface area contributed by atoms with E-state index in [1.807, 2.05) is 0 Å². The molecule has 2 unspecified atom stereocenters. The lowest BCUT2D eigenvalue weighted by Gasteiger charge is -2.20. The minimum absolute atomic E-state index is 0.231. The molecule has 2 atom stereocenters. The summed E-state index contributed by atoms with van der Waals surface area (Å²) in [6, 6.07) is 9.42. The van der Waals surface area contributed by atoms with Gasteiger partial charge in [-0.2, -0.15) is 0 Å². The van der Waals surface area contributed by atoms with Crippen molar-refractivity contribution in [1.29, 1.82) is 0 Å². The largest absolute Gasteiger partial charge is 0.324 e. The Morgan fingerprint density at radius 3 is 2.32 bits per heavy atom. The van der Waals surface area contributed by atoms with Crippen LogP contribution >= 0.6 is 0 Å². The lowest BCUT2D eigenvalue weighted by Crippen LogP contribution is -2.28. The monoisotopic (exact) mass is 256 g/mol. The predicted molar refractivity (Wildman–Crippen MR) is 77.7 cm³/mol. The van der Waals surface area contributed by atoms with Crippen molar-refractivity contribution in [2.45, 2.75) is 44.2 Å². The molecule has 2 nitrogen and oxygen atoms in total. The van der Waals surface area contributed by atoms with Crippen LogP contribution in [0.2, 0.25) is 0 Å². The molecule has 2 saturated carbocycles. The Labute approximate surface area is 115 Å². The van der Waals surface area contributed by atoms with E-state index in [1.165, 1.54) is 43.4 Å². The van der Waals surface area contributed by atoms with Crippen LogP contribution < -0.4 is 11.1 Å². The number of nitrogens with two attached hydrogens (primary N) is 1. The molecule has 102 valence electrons. The zero-order valence-corrected chi connectivity index (χ0v) is 11.5. The summed E-state index contributed by atoms with van der Waals surface area (Å²) in [7, 11) is 0. The third-order valence-corrected chi connectivity index (χ3v) is 5.32. The summed E-state index contributed by atoms with van der Waals surface area (Å²) in [5, 5.41) is 3.83. The SMILES string of the molecule is NC1CC(NCC(C2CC2)C2CC2)c2ccccc21. The van der Waals surface area contributed by atoms with Crippen molar-refractivity contribution < 1.29 is 0 Å². The normalized spacial score (nSPS) is 29.8. The summed E-state index contributed by atoms with van der Waals surface area (Å²) in [5.74, 6) is 3.01. The van der Waals surface area contributed by atoms with Crippen LogP contribution in [0, 0.1) is 17.8 Å². The van der Waals surface area contributed by atoms with Gasteiger partial charge in [-0.3, -0.25) is 0 Å². The van der Waals surface area contributed by atoms with Crippen molar-refractivity contribution in [3.63, 3.8) is 0 Å². The van der Waals surface area contributed by atoms with E-state index in [2.05, 4.69) is 29.6 Å². The van der Waals surface area contributed by atoms with Gasteiger partial charge in [-0.15, -0.1) is 0 Å². The van der Waals surface area contributed by atoms with E-state index in [-0.39, 0.29) is 6.04 Å². The summed E-state index contributed by atoms with van der Waals surface area (Å²) in [5.41, 5.74) is 9.05. The van der Waals surface area contributed by atoms with Gasteiger partial charge in [0.2, 0.25) is 0 Å². The average molecular weight is 256 g/mol. The smallest absolute Gasteiger partial charge is 0.0341 e. The third kappa shape index (κ3) is 2.32. The van der Waals surface area contributed by atoms with Gasteiger partial charge in [0, 0.05) is 12.1 Å². The second-order valence-electron chi connectivity index (χ2n) is 6.77. The highest BCUT2D eigenvalue weighted by Gasteiger charge is 2.41. The maximum atomic E-state index is 6.25. The van der Waals surface area contributed by atoms with Gasteiger partial charge in [0.15, 0.2) is 0 Å². The van der Waals surface area contributed by atoms with Gasteiger partial charge in [0.1, 0.15) is 0 Å². The molecule has 0 radical (unpaired) electrons. The van der Waals surface area contributed by atoms with E-state index in [0.717, 1.165) is 24.2 Å². The van der Waals surface area contributed by atoms with Crippen LogP contribution in [0.25, 0.3) is 0 Å². The van der Waals surface area contributed by atoms with E-state index in [4.69, 9.17) is 5.73 Å². The maximum Gasteiger partial charge on any atom is 0.0341 e. The van der Waals surface area contributed by atoms with Gasteiger partial charge in [-0.05, 0) is 67.5 Å². The fourth-order valence-corrected chi connectivity index (χ4v) is 3.91. The van der Waals surface area contributed by atoms with Crippen molar-refractivity contribution in [3.05, 3.63) is 35.4 Å². The molecule has 3 aliphatic carbocycles. The van der Waals surface area contributed by atoms with Gasteiger partial charge in [0.25, 0.3) is 0 Å². The molecular formula is C17H24N2. The minimum Gasteiger partial charge on any atom is -0.324 e. The Kier molecular flexibility index (Phi) is 2.89. The molecule has 0 spiro atoms. The molecular weight excluding hydrogens is 232 g/mol. The van der Waals surface area contributed by atoms with Gasteiger partial charge >= 0.3 is 0 Å². The molecule has 1 aromatic rings. The van der Waals surface area contributed by atoms with Crippen LogP contribution in [0.1, 0.15) is 55.3 Å². The van der Waals surface area contributed by atoms with Crippen LogP contribution in [-0.4, -0.2) is 6.54 Å². The Morgan fingerprint density at radius 2 is 1.68 bits per heavy atom. The van der Waals surface area contributed by atoms with Crippen LogP contribution in [0.15, 0.2) is 24.3 Å². The molecule has 0 amide bonds. The predicted octanol–water partition coefficient (Wildman–Crippen LogP) is 3.16. The second-order valence-corrected chi connectivity index (χ2v) is 6.77. The molecule has 0 aromatic heterocycles.